The van der Waals surface area contributed by atoms with Gasteiger partial charge in [0.25, 0.3) is 5.91 Å². The molecular weight excluding hydrogens is 249 g/mol. The second-order valence-electron chi connectivity index (χ2n) is 3.29. The van der Waals surface area contributed by atoms with Crippen LogP contribution in [-0.4, -0.2) is 35.7 Å². The second-order valence-corrected chi connectivity index (χ2v) is 4.05. The number of furan rings is 1. The molecule has 5 heteroatoms. The molecule has 1 aromatic heterocycles. The van der Waals surface area contributed by atoms with Gasteiger partial charge in [0.2, 0.25) is 0 Å². The molecule has 90 valence electrons. The fraction of sp³-hybridized carbons (Fsp3) is 0.545. The van der Waals surface area contributed by atoms with Crippen molar-refractivity contribution in [3.05, 3.63) is 23.7 Å². The van der Waals surface area contributed by atoms with E-state index in [0.717, 1.165) is 12.2 Å². The normalized spacial score (nSPS) is 10.4. The van der Waals surface area contributed by atoms with E-state index in [1.54, 1.807) is 11.0 Å². The van der Waals surface area contributed by atoms with Crippen LogP contribution in [-0.2, 0) is 6.42 Å². The SMILES string of the molecule is CCc1ccc(C(=O)N(CCCl)CCCl)o1. The fourth-order valence-corrected chi connectivity index (χ4v) is 1.77. The summed E-state index contributed by atoms with van der Waals surface area (Å²) in [6.07, 6.45) is 0.776. The van der Waals surface area contributed by atoms with Crippen molar-refractivity contribution in [2.75, 3.05) is 24.8 Å². The van der Waals surface area contributed by atoms with E-state index in [1.165, 1.54) is 0 Å². The quantitative estimate of drug-likeness (QED) is 0.740. The van der Waals surface area contributed by atoms with Crippen molar-refractivity contribution in [3.63, 3.8) is 0 Å². The number of hydrogen-bond donors (Lipinski definition) is 0. The van der Waals surface area contributed by atoms with Crippen LogP contribution >= 0.6 is 23.2 Å². The van der Waals surface area contributed by atoms with E-state index in [4.69, 9.17) is 27.6 Å². The minimum absolute atomic E-state index is 0.152. The van der Waals surface area contributed by atoms with Gasteiger partial charge in [-0.15, -0.1) is 23.2 Å². The summed E-state index contributed by atoms with van der Waals surface area (Å²) in [4.78, 5) is 13.6. The van der Waals surface area contributed by atoms with E-state index in [2.05, 4.69) is 0 Å². The monoisotopic (exact) mass is 263 g/mol. The maximum absolute atomic E-state index is 12.0. The van der Waals surface area contributed by atoms with Crippen LogP contribution in [0.4, 0.5) is 0 Å². The molecule has 0 bridgehead atoms. The Hall–Kier alpha value is -0.670. The molecule has 0 aromatic carbocycles. The lowest BCUT2D eigenvalue weighted by atomic mass is 10.3. The summed E-state index contributed by atoms with van der Waals surface area (Å²) >= 11 is 11.3. The third-order valence-corrected chi connectivity index (χ3v) is 2.56. The Morgan fingerprint density at radius 3 is 2.38 bits per heavy atom. The summed E-state index contributed by atoms with van der Waals surface area (Å²) in [6.45, 7) is 2.94. The van der Waals surface area contributed by atoms with Crippen molar-refractivity contribution in [2.24, 2.45) is 0 Å². The molecule has 0 aliphatic heterocycles. The molecule has 0 fully saturated rings. The number of alkyl halides is 2. The zero-order valence-electron chi connectivity index (χ0n) is 9.21. The highest BCUT2D eigenvalue weighted by Gasteiger charge is 2.17. The fourth-order valence-electron chi connectivity index (χ4n) is 1.36. The Morgan fingerprint density at radius 2 is 1.94 bits per heavy atom. The predicted molar refractivity (Wildman–Crippen MR) is 65.4 cm³/mol. The molecule has 1 rings (SSSR count). The minimum Gasteiger partial charge on any atom is -0.456 e. The van der Waals surface area contributed by atoms with E-state index < -0.39 is 0 Å². The van der Waals surface area contributed by atoms with Crippen LogP contribution in [0.1, 0.15) is 23.2 Å². The van der Waals surface area contributed by atoms with Crippen molar-refractivity contribution in [1.29, 1.82) is 0 Å². The first-order valence-electron chi connectivity index (χ1n) is 5.22. The molecule has 16 heavy (non-hydrogen) atoms. The molecule has 0 unspecified atom stereocenters. The predicted octanol–water partition coefficient (Wildman–Crippen LogP) is 2.76. The van der Waals surface area contributed by atoms with E-state index in [1.807, 2.05) is 13.0 Å². The van der Waals surface area contributed by atoms with Gasteiger partial charge in [0, 0.05) is 31.3 Å². The van der Waals surface area contributed by atoms with Crippen LogP contribution < -0.4 is 0 Å². The Balaban J connectivity index is 2.72. The molecule has 3 nitrogen and oxygen atoms in total. The van der Waals surface area contributed by atoms with Crippen LogP contribution in [0.25, 0.3) is 0 Å². The Labute approximate surface area is 105 Å². The molecule has 0 saturated carbocycles. The summed E-state index contributed by atoms with van der Waals surface area (Å²) in [5.41, 5.74) is 0. The molecular formula is C11H15Cl2NO2. The first kappa shape index (κ1) is 13.4. The zero-order chi connectivity index (χ0) is 12.0. The van der Waals surface area contributed by atoms with E-state index in [9.17, 15) is 4.79 Å². The van der Waals surface area contributed by atoms with Crippen LogP contribution in [0.2, 0.25) is 0 Å². The van der Waals surface area contributed by atoms with Gasteiger partial charge >= 0.3 is 0 Å². The molecule has 0 atom stereocenters. The highest BCUT2D eigenvalue weighted by Crippen LogP contribution is 2.11. The second kappa shape index (κ2) is 6.81. The van der Waals surface area contributed by atoms with E-state index in [-0.39, 0.29) is 5.91 Å². The lowest BCUT2D eigenvalue weighted by molar-refractivity contribution is 0.0741. The molecule has 1 aromatic rings. The molecule has 0 aliphatic rings. The van der Waals surface area contributed by atoms with Gasteiger partial charge in [-0.3, -0.25) is 4.79 Å². The average molecular weight is 264 g/mol. The van der Waals surface area contributed by atoms with Gasteiger partial charge in [-0.2, -0.15) is 0 Å². The van der Waals surface area contributed by atoms with Gasteiger partial charge in [-0.05, 0) is 12.1 Å². The number of carbonyl (C=O) groups is 1. The number of rotatable bonds is 6. The number of nitrogens with zero attached hydrogens (tertiary/aromatic N) is 1. The van der Waals surface area contributed by atoms with Gasteiger partial charge in [-0.25, -0.2) is 0 Å². The van der Waals surface area contributed by atoms with Crippen LogP contribution in [0.15, 0.2) is 16.5 Å². The van der Waals surface area contributed by atoms with Gasteiger partial charge in [-0.1, -0.05) is 6.92 Å². The van der Waals surface area contributed by atoms with Crippen LogP contribution in [0.3, 0.4) is 0 Å². The summed E-state index contributed by atoms with van der Waals surface area (Å²) in [5.74, 6) is 1.79. The number of carbonyl (C=O) groups excluding carboxylic acids is 1. The van der Waals surface area contributed by atoms with Crippen molar-refractivity contribution < 1.29 is 9.21 Å². The minimum atomic E-state index is -0.152. The zero-order valence-corrected chi connectivity index (χ0v) is 10.7. The van der Waals surface area contributed by atoms with E-state index in [0.29, 0.717) is 30.6 Å². The van der Waals surface area contributed by atoms with Gasteiger partial charge in [0.05, 0.1) is 0 Å². The number of halogens is 2. The molecule has 0 aliphatic carbocycles. The van der Waals surface area contributed by atoms with Crippen molar-refractivity contribution in [2.45, 2.75) is 13.3 Å². The van der Waals surface area contributed by atoms with Crippen LogP contribution in [0, 0.1) is 0 Å². The third-order valence-electron chi connectivity index (χ3n) is 2.22. The first-order valence-corrected chi connectivity index (χ1v) is 6.29. The average Bonchev–Trinajstić information content (AvgIpc) is 2.76. The highest BCUT2D eigenvalue weighted by molar-refractivity contribution is 6.18. The largest absolute Gasteiger partial charge is 0.456 e. The molecule has 0 spiro atoms. The standard InChI is InChI=1S/C11H15Cl2NO2/c1-2-9-3-4-10(16-9)11(15)14(7-5-12)8-6-13/h3-4H,2,5-8H2,1H3. The Kier molecular flexibility index (Phi) is 5.71. The van der Waals surface area contributed by atoms with Gasteiger partial charge in [0.1, 0.15) is 5.76 Å². The van der Waals surface area contributed by atoms with Gasteiger partial charge < -0.3 is 9.32 Å². The molecule has 0 saturated heterocycles. The van der Waals surface area contributed by atoms with Crippen LogP contribution in [0.5, 0.6) is 0 Å². The Bertz CT molecular complexity index is 332. The topological polar surface area (TPSA) is 33.5 Å². The smallest absolute Gasteiger partial charge is 0.289 e. The lowest BCUT2D eigenvalue weighted by Crippen LogP contribution is -2.34. The summed E-state index contributed by atoms with van der Waals surface area (Å²) in [6, 6.07) is 3.50. The Morgan fingerprint density at radius 1 is 1.31 bits per heavy atom. The maximum atomic E-state index is 12.0. The summed E-state index contributed by atoms with van der Waals surface area (Å²) < 4.78 is 5.39. The van der Waals surface area contributed by atoms with Crippen molar-refractivity contribution in [1.82, 2.24) is 4.90 Å². The molecule has 0 radical (unpaired) electrons. The molecule has 1 amide bonds. The highest BCUT2D eigenvalue weighted by atomic mass is 35.5. The first-order chi connectivity index (χ1) is 7.72. The van der Waals surface area contributed by atoms with Crippen molar-refractivity contribution >= 4 is 29.1 Å². The lowest BCUT2D eigenvalue weighted by Gasteiger charge is -2.18. The number of aryl methyl sites for hydroxylation is 1. The number of hydrogen-bond acceptors (Lipinski definition) is 2. The van der Waals surface area contributed by atoms with Crippen molar-refractivity contribution in [3.8, 4) is 0 Å². The molecule has 1 heterocycles. The van der Waals surface area contributed by atoms with Gasteiger partial charge in [0.15, 0.2) is 5.76 Å². The summed E-state index contributed by atoms with van der Waals surface area (Å²) in [5, 5.41) is 0. The molecule has 0 N–H and O–H groups in total. The third kappa shape index (κ3) is 3.42. The number of amides is 1. The summed E-state index contributed by atoms with van der Waals surface area (Å²) in [7, 11) is 0. The van der Waals surface area contributed by atoms with E-state index >= 15 is 0 Å². The maximum Gasteiger partial charge on any atom is 0.289 e.